The Kier molecular flexibility index (Phi) is 4.60. The molecule has 5 heteroatoms. The van der Waals surface area contributed by atoms with E-state index in [1.807, 2.05) is 7.05 Å². The van der Waals surface area contributed by atoms with Gasteiger partial charge in [0.05, 0.1) is 12.7 Å². The second-order valence-corrected chi connectivity index (χ2v) is 5.26. The Labute approximate surface area is 118 Å². The van der Waals surface area contributed by atoms with Crippen LogP contribution in [0.2, 0.25) is 0 Å². The van der Waals surface area contributed by atoms with Crippen LogP contribution in [0, 0.1) is 11.7 Å². The zero-order chi connectivity index (χ0) is 14.7. The van der Waals surface area contributed by atoms with E-state index in [0.29, 0.717) is 30.8 Å². The maximum atomic E-state index is 13.9. The molecule has 1 fully saturated rings. The van der Waals surface area contributed by atoms with Crippen molar-refractivity contribution < 1.29 is 13.9 Å². The topological polar surface area (TPSA) is 41.6 Å². The van der Waals surface area contributed by atoms with Gasteiger partial charge >= 0.3 is 0 Å². The lowest BCUT2D eigenvalue weighted by molar-refractivity contribution is 0.0644. The van der Waals surface area contributed by atoms with E-state index in [0.717, 1.165) is 6.42 Å². The first-order valence-electron chi connectivity index (χ1n) is 6.87. The number of carbonyl (C=O) groups is 1. The van der Waals surface area contributed by atoms with Crippen molar-refractivity contribution in [3.05, 3.63) is 29.6 Å². The smallest absolute Gasteiger partial charge is 0.256 e. The Morgan fingerprint density at radius 1 is 1.50 bits per heavy atom. The monoisotopic (exact) mass is 280 g/mol. The largest absolute Gasteiger partial charge is 0.497 e. The van der Waals surface area contributed by atoms with Gasteiger partial charge in [-0.2, -0.15) is 0 Å². The van der Waals surface area contributed by atoms with Crippen LogP contribution in [0.1, 0.15) is 23.7 Å². The van der Waals surface area contributed by atoms with Gasteiger partial charge < -0.3 is 15.0 Å². The highest BCUT2D eigenvalue weighted by Gasteiger charge is 2.29. The number of hydrogen-bond donors (Lipinski definition) is 1. The van der Waals surface area contributed by atoms with Crippen molar-refractivity contribution in [2.24, 2.45) is 5.92 Å². The van der Waals surface area contributed by atoms with E-state index in [-0.39, 0.29) is 11.5 Å². The number of halogens is 1. The number of likely N-dealkylation sites (tertiary alicyclic amines) is 1. The fourth-order valence-electron chi connectivity index (χ4n) is 2.73. The third-order valence-electron chi connectivity index (χ3n) is 3.97. The number of methoxy groups -OCH3 is 1. The van der Waals surface area contributed by atoms with Crippen LogP contribution >= 0.6 is 0 Å². The molecule has 0 aromatic heterocycles. The van der Waals surface area contributed by atoms with E-state index < -0.39 is 5.82 Å². The van der Waals surface area contributed by atoms with Gasteiger partial charge in [-0.25, -0.2) is 4.39 Å². The molecule has 0 spiro atoms. The molecule has 4 nitrogen and oxygen atoms in total. The van der Waals surface area contributed by atoms with Gasteiger partial charge in [0.1, 0.15) is 11.6 Å². The highest BCUT2D eigenvalue weighted by molar-refractivity contribution is 5.94. The number of nitrogens with one attached hydrogen (secondary N) is 1. The summed E-state index contributed by atoms with van der Waals surface area (Å²) in [4.78, 5) is 14.1. The van der Waals surface area contributed by atoms with Crippen LogP contribution in [-0.2, 0) is 0 Å². The first-order valence-corrected chi connectivity index (χ1v) is 6.87. The Balaban J connectivity index is 2.12. The first kappa shape index (κ1) is 14.8. The lowest BCUT2D eigenvalue weighted by atomic mass is 9.93. The number of hydrogen-bond acceptors (Lipinski definition) is 3. The fraction of sp³-hybridized carbons (Fsp3) is 0.533. The number of amides is 1. The van der Waals surface area contributed by atoms with Crippen molar-refractivity contribution in [3.8, 4) is 5.75 Å². The summed E-state index contributed by atoms with van der Waals surface area (Å²) in [6.07, 6.45) is 0.890. The summed E-state index contributed by atoms with van der Waals surface area (Å²) in [5.41, 5.74) is 0.112. The minimum atomic E-state index is -0.530. The Morgan fingerprint density at radius 3 is 2.80 bits per heavy atom. The van der Waals surface area contributed by atoms with Gasteiger partial charge in [-0.1, -0.05) is 6.92 Å². The summed E-state index contributed by atoms with van der Waals surface area (Å²) in [5, 5.41) is 3.25. The number of carbonyl (C=O) groups excluding carboxylic acids is 1. The zero-order valence-electron chi connectivity index (χ0n) is 12.1. The highest BCUT2D eigenvalue weighted by Crippen LogP contribution is 2.22. The summed E-state index contributed by atoms with van der Waals surface area (Å²) in [6, 6.07) is 4.77. The Bertz CT molecular complexity index is 493. The van der Waals surface area contributed by atoms with Crippen LogP contribution in [0.25, 0.3) is 0 Å². The van der Waals surface area contributed by atoms with Crippen molar-refractivity contribution in [2.75, 3.05) is 27.2 Å². The number of piperidine rings is 1. The van der Waals surface area contributed by atoms with E-state index in [9.17, 15) is 9.18 Å². The van der Waals surface area contributed by atoms with Gasteiger partial charge in [0.15, 0.2) is 0 Å². The second-order valence-electron chi connectivity index (χ2n) is 5.26. The molecule has 0 bridgehead atoms. The second kappa shape index (κ2) is 6.22. The van der Waals surface area contributed by atoms with Gasteiger partial charge in [0.2, 0.25) is 0 Å². The maximum Gasteiger partial charge on any atom is 0.256 e. The van der Waals surface area contributed by atoms with Crippen LogP contribution in [0.3, 0.4) is 0 Å². The molecule has 1 aliphatic heterocycles. The van der Waals surface area contributed by atoms with Crippen molar-refractivity contribution in [2.45, 2.75) is 19.4 Å². The predicted octanol–water partition coefficient (Wildman–Crippen LogP) is 1.90. The van der Waals surface area contributed by atoms with Gasteiger partial charge in [-0.3, -0.25) is 4.79 Å². The average Bonchev–Trinajstić information content (AvgIpc) is 2.46. The molecule has 20 heavy (non-hydrogen) atoms. The van der Waals surface area contributed by atoms with Crippen LogP contribution in [0.4, 0.5) is 4.39 Å². The molecule has 0 radical (unpaired) electrons. The molecule has 1 aliphatic rings. The summed E-state index contributed by atoms with van der Waals surface area (Å²) in [7, 11) is 3.41. The van der Waals surface area contributed by atoms with Crippen molar-refractivity contribution in [1.82, 2.24) is 10.2 Å². The molecule has 1 amide bonds. The number of benzene rings is 1. The maximum absolute atomic E-state index is 13.9. The van der Waals surface area contributed by atoms with E-state index in [1.165, 1.54) is 19.2 Å². The SMILES string of the molecule is CNC1CCN(C(=O)c2ccc(OC)cc2F)CC1C. The third kappa shape index (κ3) is 2.93. The van der Waals surface area contributed by atoms with E-state index in [1.54, 1.807) is 11.0 Å². The van der Waals surface area contributed by atoms with Crippen LogP contribution in [-0.4, -0.2) is 44.1 Å². The van der Waals surface area contributed by atoms with Gasteiger partial charge in [0, 0.05) is 25.2 Å². The summed E-state index contributed by atoms with van der Waals surface area (Å²) in [6.45, 7) is 3.40. The average molecular weight is 280 g/mol. The number of rotatable bonds is 3. The van der Waals surface area contributed by atoms with E-state index in [4.69, 9.17) is 4.74 Å². The third-order valence-corrected chi connectivity index (χ3v) is 3.97. The predicted molar refractivity (Wildman–Crippen MR) is 75.5 cm³/mol. The quantitative estimate of drug-likeness (QED) is 0.919. The lowest BCUT2D eigenvalue weighted by Crippen LogP contribution is -2.49. The zero-order valence-corrected chi connectivity index (χ0v) is 12.1. The first-order chi connectivity index (χ1) is 9.56. The molecule has 1 heterocycles. The minimum Gasteiger partial charge on any atom is -0.497 e. The summed E-state index contributed by atoms with van der Waals surface area (Å²) in [5.74, 6) is 0.00428. The standard InChI is InChI=1S/C15H21FN2O2/c1-10-9-18(7-6-14(10)17-2)15(19)12-5-4-11(20-3)8-13(12)16/h4-5,8,10,14,17H,6-7,9H2,1-3H3. The van der Waals surface area contributed by atoms with Gasteiger partial charge in [0.25, 0.3) is 5.91 Å². The molecule has 0 saturated carbocycles. The molecule has 0 aliphatic carbocycles. The molecular formula is C15H21FN2O2. The molecule has 2 rings (SSSR count). The fourth-order valence-corrected chi connectivity index (χ4v) is 2.73. The molecular weight excluding hydrogens is 259 g/mol. The molecule has 1 N–H and O–H groups in total. The van der Waals surface area contributed by atoms with Crippen LogP contribution in [0.5, 0.6) is 5.75 Å². The molecule has 2 unspecified atom stereocenters. The number of ether oxygens (including phenoxy) is 1. The Hall–Kier alpha value is -1.62. The lowest BCUT2D eigenvalue weighted by Gasteiger charge is -2.36. The van der Waals surface area contributed by atoms with Crippen LogP contribution < -0.4 is 10.1 Å². The number of nitrogens with zero attached hydrogens (tertiary/aromatic N) is 1. The summed E-state index contributed by atoms with van der Waals surface area (Å²) < 4.78 is 18.9. The normalized spacial score (nSPS) is 22.7. The van der Waals surface area contributed by atoms with E-state index >= 15 is 0 Å². The molecule has 1 aromatic carbocycles. The molecule has 110 valence electrons. The summed E-state index contributed by atoms with van der Waals surface area (Å²) >= 11 is 0. The van der Waals surface area contributed by atoms with Crippen molar-refractivity contribution >= 4 is 5.91 Å². The van der Waals surface area contributed by atoms with Crippen LogP contribution in [0.15, 0.2) is 18.2 Å². The minimum absolute atomic E-state index is 0.112. The van der Waals surface area contributed by atoms with Crippen molar-refractivity contribution in [1.29, 1.82) is 0 Å². The van der Waals surface area contributed by atoms with Crippen molar-refractivity contribution in [3.63, 3.8) is 0 Å². The molecule has 1 saturated heterocycles. The van der Waals surface area contributed by atoms with Gasteiger partial charge in [-0.15, -0.1) is 0 Å². The van der Waals surface area contributed by atoms with E-state index in [2.05, 4.69) is 12.2 Å². The molecule has 1 aromatic rings. The van der Waals surface area contributed by atoms with Gasteiger partial charge in [-0.05, 0) is 31.5 Å². The highest BCUT2D eigenvalue weighted by atomic mass is 19.1. The Morgan fingerprint density at radius 2 is 2.25 bits per heavy atom. The molecule has 2 atom stereocenters.